The molecular weight excluding hydrogens is 240 g/mol. The van der Waals surface area contributed by atoms with E-state index in [0.717, 1.165) is 15.8 Å². The van der Waals surface area contributed by atoms with Crippen molar-refractivity contribution in [2.75, 3.05) is 0 Å². The molecule has 0 saturated carbocycles. The summed E-state index contributed by atoms with van der Waals surface area (Å²) in [5.74, 6) is 0.106. The van der Waals surface area contributed by atoms with Gasteiger partial charge in [-0.05, 0) is 24.4 Å². The summed E-state index contributed by atoms with van der Waals surface area (Å²) in [6.45, 7) is 2.07. The van der Waals surface area contributed by atoms with Crippen LogP contribution in [0.3, 0.4) is 0 Å². The predicted molar refractivity (Wildman–Crippen MR) is 76.4 cm³/mol. The van der Waals surface area contributed by atoms with Crippen LogP contribution in [0.25, 0.3) is 10.1 Å². The van der Waals surface area contributed by atoms with E-state index in [1.165, 1.54) is 10.3 Å². The molecule has 0 N–H and O–H groups in total. The fourth-order valence-electron chi connectivity index (χ4n) is 2.01. The van der Waals surface area contributed by atoms with Crippen LogP contribution in [-0.2, 0) is 0 Å². The summed E-state index contributed by atoms with van der Waals surface area (Å²) in [7, 11) is 0. The second kappa shape index (κ2) is 4.39. The van der Waals surface area contributed by atoms with Crippen molar-refractivity contribution in [3.63, 3.8) is 0 Å². The van der Waals surface area contributed by atoms with Crippen LogP contribution >= 0.6 is 11.3 Å². The maximum Gasteiger partial charge on any atom is 0.202 e. The van der Waals surface area contributed by atoms with Crippen molar-refractivity contribution in [3.05, 3.63) is 70.6 Å². The molecule has 0 unspecified atom stereocenters. The molecule has 88 valence electrons. The van der Waals surface area contributed by atoms with Gasteiger partial charge in [0.1, 0.15) is 0 Å². The summed E-state index contributed by atoms with van der Waals surface area (Å²) in [6, 6.07) is 17.7. The summed E-state index contributed by atoms with van der Waals surface area (Å²) in [5, 5.41) is 1.15. The van der Waals surface area contributed by atoms with E-state index in [2.05, 4.69) is 25.1 Å². The Labute approximate surface area is 110 Å². The highest BCUT2D eigenvalue weighted by atomic mass is 32.1. The molecule has 1 aromatic heterocycles. The first-order valence-corrected chi connectivity index (χ1v) is 6.65. The zero-order valence-corrected chi connectivity index (χ0v) is 10.8. The molecule has 1 nitrogen and oxygen atoms in total. The van der Waals surface area contributed by atoms with Crippen molar-refractivity contribution in [1.29, 1.82) is 0 Å². The molecule has 2 heteroatoms. The average Bonchev–Trinajstić information content (AvgIpc) is 2.81. The summed E-state index contributed by atoms with van der Waals surface area (Å²) in [5.41, 5.74) is 1.97. The quantitative estimate of drug-likeness (QED) is 0.616. The molecule has 18 heavy (non-hydrogen) atoms. The third-order valence-corrected chi connectivity index (χ3v) is 4.05. The molecule has 0 aliphatic rings. The molecule has 0 aliphatic heterocycles. The Hall–Kier alpha value is -1.93. The van der Waals surface area contributed by atoms with E-state index in [1.807, 2.05) is 36.4 Å². The van der Waals surface area contributed by atoms with Gasteiger partial charge in [-0.2, -0.15) is 0 Å². The molecule has 3 aromatic rings. The van der Waals surface area contributed by atoms with Crippen LogP contribution in [0.15, 0.2) is 54.6 Å². The topological polar surface area (TPSA) is 17.1 Å². The van der Waals surface area contributed by atoms with Crippen LogP contribution in [0.4, 0.5) is 0 Å². The average molecular weight is 252 g/mol. The number of ketones is 1. The van der Waals surface area contributed by atoms with E-state index >= 15 is 0 Å². The van der Waals surface area contributed by atoms with E-state index in [0.29, 0.717) is 0 Å². The van der Waals surface area contributed by atoms with Gasteiger partial charge in [0.05, 0.1) is 4.88 Å². The molecule has 0 bridgehead atoms. The fraction of sp³-hybridized carbons (Fsp3) is 0.0625. The van der Waals surface area contributed by atoms with E-state index in [9.17, 15) is 4.79 Å². The third kappa shape index (κ3) is 1.95. The first-order valence-electron chi connectivity index (χ1n) is 5.84. The van der Waals surface area contributed by atoms with Crippen molar-refractivity contribution in [1.82, 2.24) is 0 Å². The van der Waals surface area contributed by atoms with Crippen LogP contribution in [0.2, 0.25) is 0 Å². The van der Waals surface area contributed by atoms with Crippen LogP contribution < -0.4 is 0 Å². The molecule has 0 saturated heterocycles. The molecule has 0 atom stereocenters. The number of thiophene rings is 1. The Kier molecular flexibility index (Phi) is 2.73. The third-order valence-electron chi connectivity index (χ3n) is 2.93. The highest BCUT2D eigenvalue weighted by Crippen LogP contribution is 2.28. The Morgan fingerprint density at radius 2 is 1.78 bits per heavy atom. The highest BCUT2D eigenvalue weighted by Gasteiger charge is 2.12. The second-order valence-electron chi connectivity index (χ2n) is 4.35. The fourth-order valence-corrected chi connectivity index (χ4v) is 3.01. The number of benzene rings is 2. The molecule has 1 heterocycles. The van der Waals surface area contributed by atoms with Crippen LogP contribution in [0, 0.1) is 6.92 Å². The molecule has 2 aromatic carbocycles. The van der Waals surface area contributed by atoms with Gasteiger partial charge in [-0.3, -0.25) is 4.79 Å². The van der Waals surface area contributed by atoms with E-state index < -0.39 is 0 Å². The van der Waals surface area contributed by atoms with Gasteiger partial charge in [0.2, 0.25) is 5.78 Å². The minimum Gasteiger partial charge on any atom is -0.288 e. The maximum absolute atomic E-state index is 12.3. The Morgan fingerprint density at radius 1 is 1.00 bits per heavy atom. The Bertz CT molecular complexity index is 710. The lowest BCUT2D eigenvalue weighted by Crippen LogP contribution is -1.97. The lowest BCUT2D eigenvalue weighted by molar-refractivity contribution is 0.104. The van der Waals surface area contributed by atoms with E-state index in [-0.39, 0.29) is 5.78 Å². The van der Waals surface area contributed by atoms with Crippen LogP contribution in [0.1, 0.15) is 20.8 Å². The first kappa shape index (κ1) is 11.2. The SMILES string of the molecule is Cc1ccc2sc(C(=O)c3ccccc3)cc2c1. The largest absolute Gasteiger partial charge is 0.288 e. The van der Waals surface area contributed by atoms with Gasteiger partial charge in [0.25, 0.3) is 0 Å². The summed E-state index contributed by atoms with van der Waals surface area (Å²) in [4.78, 5) is 13.1. The Morgan fingerprint density at radius 3 is 2.56 bits per heavy atom. The van der Waals surface area contributed by atoms with Crippen molar-refractivity contribution in [3.8, 4) is 0 Å². The number of rotatable bonds is 2. The number of aryl methyl sites for hydroxylation is 1. The predicted octanol–water partition coefficient (Wildman–Crippen LogP) is 4.44. The molecule has 0 spiro atoms. The lowest BCUT2D eigenvalue weighted by atomic mass is 10.1. The zero-order chi connectivity index (χ0) is 12.5. The Balaban J connectivity index is 2.07. The van der Waals surface area contributed by atoms with Gasteiger partial charge >= 0.3 is 0 Å². The van der Waals surface area contributed by atoms with Gasteiger partial charge in [-0.1, -0.05) is 48.0 Å². The summed E-state index contributed by atoms with van der Waals surface area (Å²) < 4.78 is 1.17. The maximum atomic E-state index is 12.3. The lowest BCUT2D eigenvalue weighted by Gasteiger charge is -1.95. The zero-order valence-electron chi connectivity index (χ0n) is 10.0. The standard InChI is InChI=1S/C16H12OS/c1-11-7-8-14-13(9-11)10-15(18-14)16(17)12-5-3-2-4-6-12/h2-10H,1H3. The minimum atomic E-state index is 0.106. The summed E-state index contributed by atoms with van der Waals surface area (Å²) in [6.07, 6.45) is 0. The van der Waals surface area contributed by atoms with Crippen LogP contribution in [0.5, 0.6) is 0 Å². The molecule has 0 fully saturated rings. The smallest absolute Gasteiger partial charge is 0.202 e. The molecule has 0 aliphatic carbocycles. The monoisotopic (exact) mass is 252 g/mol. The van der Waals surface area contributed by atoms with Gasteiger partial charge < -0.3 is 0 Å². The van der Waals surface area contributed by atoms with Gasteiger partial charge in [-0.25, -0.2) is 0 Å². The van der Waals surface area contributed by atoms with Crippen molar-refractivity contribution >= 4 is 27.2 Å². The normalized spacial score (nSPS) is 10.7. The summed E-state index contributed by atoms with van der Waals surface area (Å²) >= 11 is 1.56. The van der Waals surface area contributed by atoms with Gasteiger partial charge in [0.15, 0.2) is 0 Å². The van der Waals surface area contributed by atoms with Gasteiger partial charge in [0, 0.05) is 10.3 Å². The van der Waals surface area contributed by atoms with Gasteiger partial charge in [-0.15, -0.1) is 11.3 Å². The van der Waals surface area contributed by atoms with Crippen LogP contribution in [-0.4, -0.2) is 5.78 Å². The number of hydrogen-bond donors (Lipinski definition) is 0. The highest BCUT2D eigenvalue weighted by molar-refractivity contribution is 7.21. The molecule has 3 rings (SSSR count). The molecular formula is C16H12OS. The number of fused-ring (bicyclic) bond motifs is 1. The van der Waals surface area contributed by atoms with Crippen molar-refractivity contribution < 1.29 is 4.79 Å². The first-order chi connectivity index (χ1) is 8.74. The van der Waals surface area contributed by atoms with E-state index in [1.54, 1.807) is 11.3 Å². The van der Waals surface area contributed by atoms with E-state index in [4.69, 9.17) is 0 Å². The molecule has 0 radical (unpaired) electrons. The minimum absolute atomic E-state index is 0.106. The van der Waals surface area contributed by atoms with Crippen molar-refractivity contribution in [2.45, 2.75) is 6.92 Å². The number of carbonyl (C=O) groups excluding carboxylic acids is 1. The number of hydrogen-bond acceptors (Lipinski definition) is 2. The van der Waals surface area contributed by atoms with Crippen molar-refractivity contribution in [2.24, 2.45) is 0 Å². The molecule has 0 amide bonds. The number of carbonyl (C=O) groups is 1. The second-order valence-corrected chi connectivity index (χ2v) is 5.43.